The molecule has 0 aliphatic rings. The van der Waals surface area contributed by atoms with Crippen molar-refractivity contribution in [1.29, 1.82) is 0 Å². The molecule has 2 rings (SSSR count). The maximum Gasteiger partial charge on any atom is 0.259 e. The van der Waals surface area contributed by atoms with Gasteiger partial charge in [-0.3, -0.25) is 9.69 Å². The van der Waals surface area contributed by atoms with Crippen molar-refractivity contribution in [3.63, 3.8) is 0 Å². The first-order valence-corrected chi connectivity index (χ1v) is 10.5. The Morgan fingerprint density at radius 2 is 2.00 bits per heavy atom. The molecule has 0 saturated carbocycles. The molecular formula is C20H33N3O2S. The molecule has 0 aromatic carbocycles. The first-order valence-electron chi connectivity index (χ1n) is 9.73. The zero-order valence-corrected chi connectivity index (χ0v) is 17.5. The summed E-state index contributed by atoms with van der Waals surface area (Å²) in [6.07, 6.45) is 2.48. The van der Waals surface area contributed by atoms with E-state index in [4.69, 9.17) is 4.98 Å². The van der Waals surface area contributed by atoms with Gasteiger partial charge in [0, 0.05) is 11.4 Å². The first-order chi connectivity index (χ1) is 12.3. The molecular weight excluding hydrogens is 346 g/mol. The third-order valence-electron chi connectivity index (χ3n) is 4.53. The molecule has 0 fully saturated rings. The molecule has 2 aromatic heterocycles. The maximum atomic E-state index is 12.5. The summed E-state index contributed by atoms with van der Waals surface area (Å²) in [5, 5.41) is 10.9. The number of rotatable bonds is 10. The summed E-state index contributed by atoms with van der Waals surface area (Å²) in [4.78, 5) is 24.3. The molecule has 2 aromatic rings. The topological polar surface area (TPSA) is 69.2 Å². The van der Waals surface area contributed by atoms with Gasteiger partial charge in [0.2, 0.25) is 0 Å². The van der Waals surface area contributed by atoms with Crippen LogP contribution in [0.2, 0.25) is 0 Å². The van der Waals surface area contributed by atoms with E-state index in [2.05, 4.69) is 44.5 Å². The normalized spacial score (nSPS) is 13.4. The lowest BCUT2D eigenvalue weighted by molar-refractivity contribution is 0.0968. The number of H-pyrrole nitrogens is 1. The van der Waals surface area contributed by atoms with Crippen molar-refractivity contribution in [3.05, 3.63) is 27.1 Å². The van der Waals surface area contributed by atoms with Gasteiger partial charge in [0.25, 0.3) is 5.56 Å². The second-order valence-corrected chi connectivity index (χ2v) is 8.96. The Morgan fingerprint density at radius 3 is 2.62 bits per heavy atom. The van der Waals surface area contributed by atoms with Crippen molar-refractivity contribution < 1.29 is 5.11 Å². The first kappa shape index (κ1) is 21.1. The predicted molar refractivity (Wildman–Crippen MR) is 110 cm³/mol. The largest absolute Gasteiger partial charge is 0.392 e. The van der Waals surface area contributed by atoms with Gasteiger partial charge in [-0.1, -0.05) is 41.0 Å². The minimum Gasteiger partial charge on any atom is -0.392 e. The van der Waals surface area contributed by atoms with Crippen LogP contribution in [0.4, 0.5) is 0 Å². The van der Waals surface area contributed by atoms with Gasteiger partial charge < -0.3 is 10.1 Å². The fourth-order valence-electron chi connectivity index (χ4n) is 2.96. The van der Waals surface area contributed by atoms with E-state index in [1.165, 1.54) is 4.88 Å². The number of fused-ring (bicyclic) bond motifs is 1. The number of aromatic amines is 1. The molecule has 0 radical (unpaired) electrons. The lowest BCUT2D eigenvalue weighted by atomic mass is 10.1. The second-order valence-electron chi connectivity index (χ2n) is 7.90. The number of aliphatic hydroxyl groups excluding tert-OH is 1. The Balaban J connectivity index is 2.21. The zero-order valence-electron chi connectivity index (χ0n) is 16.7. The highest BCUT2D eigenvalue weighted by atomic mass is 32.1. The van der Waals surface area contributed by atoms with E-state index >= 15 is 0 Å². The molecule has 0 spiro atoms. The highest BCUT2D eigenvalue weighted by molar-refractivity contribution is 7.18. The van der Waals surface area contributed by atoms with Crippen LogP contribution >= 0.6 is 11.3 Å². The standard InChI is InChI=1S/C20H33N3O2S/c1-6-7-15(24)11-23(9-8-13(2)3)12-18-21-19(25)16-10-17(14(4)5)26-20(16)22-18/h10,13-15,24H,6-9,11-12H2,1-5H3,(H,21,22,25). The monoisotopic (exact) mass is 379 g/mol. The molecule has 2 heterocycles. The number of hydrogen-bond donors (Lipinski definition) is 2. The fraction of sp³-hybridized carbons (Fsp3) is 0.700. The predicted octanol–water partition coefficient (Wildman–Crippen LogP) is 4.12. The lowest BCUT2D eigenvalue weighted by Crippen LogP contribution is -2.34. The third kappa shape index (κ3) is 5.89. The molecule has 0 amide bonds. The van der Waals surface area contributed by atoms with E-state index in [9.17, 15) is 9.90 Å². The highest BCUT2D eigenvalue weighted by Crippen LogP contribution is 2.27. The number of nitrogens with one attached hydrogen (secondary N) is 1. The van der Waals surface area contributed by atoms with Crippen LogP contribution in [0, 0.1) is 5.92 Å². The molecule has 2 N–H and O–H groups in total. The van der Waals surface area contributed by atoms with Crippen LogP contribution in [-0.2, 0) is 6.54 Å². The van der Waals surface area contributed by atoms with E-state index in [1.807, 2.05) is 6.07 Å². The van der Waals surface area contributed by atoms with Gasteiger partial charge in [-0.05, 0) is 37.3 Å². The molecule has 0 aliphatic carbocycles. The van der Waals surface area contributed by atoms with Crippen LogP contribution < -0.4 is 5.56 Å². The quantitative estimate of drug-likeness (QED) is 0.651. The van der Waals surface area contributed by atoms with Crippen LogP contribution in [0.1, 0.15) is 70.5 Å². The molecule has 1 unspecified atom stereocenters. The molecule has 0 bridgehead atoms. The molecule has 6 heteroatoms. The Kier molecular flexibility index (Phi) is 7.80. The number of hydrogen-bond acceptors (Lipinski definition) is 5. The average Bonchev–Trinajstić information content (AvgIpc) is 2.97. The minimum atomic E-state index is -0.336. The summed E-state index contributed by atoms with van der Waals surface area (Å²) in [6.45, 7) is 12.8. The molecule has 146 valence electrons. The van der Waals surface area contributed by atoms with Crippen molar-refractivity contribution in [2.45, 2.75) is 72.4 Å². The summed E-state index contributed by atoms with van der Waals surface area (Å²) in [5.41, 5.74) is -0.0638. The summed E-state index contributed by atoms with van der Waals surface area (Å²) < 4.78 is 0. The van der Waals surface area contributed by atoms with Crippen molar-refractivity contribution in [3.8, 4) is 0 Å². The Hall–Kier alpha value is -1.24. The van der Waals surface area contributed by atoms with Crippen molar-refractivity contribution in [2.24, 2.45) is 5.92 Å². The molecule has 1 atom stereocenters. The highest BCUT2D eigenvalue weighted by Gasteiger charge is 2.16. The SMILES string of the molecule is CCCC(O)CN(CCC(C)C)Cc1nc2sc(C(C)C)cc2c(=O)[nH]1. The fourth-order valence-corrected chi connectivity index (χ4v) is 4.02. The number of nitrogens with zero attached hydrogens (tertiary/aromatic N) is 2. The van der Waals surface area contributed by atoms with Gasteiger partial charge in [0.15, 0.2) is 0 Å². The minimum absolute atomic E-state index is 0.0638. The van der Waals surface area contributed by atoms with Crippen LogP contribution in [0.25, 0.3) is 10.2 Å². The van der Waals surface area contributed by atoms with Gasteiger partial charge >= 0.3 is 0 Å². The Labute approximate surface area is 160 Å². The van der Waals surface area contributed by atoms with Crippen molar-refractivity contribution >= 4 is 21.6 Å². The number of thiophene rings is 1. The molecule has 0 saturated heterocycles. The van der Waals surface area contributed by atoms with E-state index in [0.29, 0.717) is 36.1 Å². The molecule has 0 aliphatic heterocycles. The van der Waals surface area contributed by atoms with E-state index in [0.717, 1.165) is 30.6 Å². The lowest BCUT2D eigenvalue weighted by Gasteiger charge is -2.25. The number of aliphatic hydroxyl groups is 1. The number of aromatic nitrogens is 2. The van der Waals surface area contributed by atoms with Gasteiger partial charge in [0.05, 0.1) is 18.0 Å². The van der Waals surface area contributed by atoms with E-state index in [1.54, 1.807) is 11.3 Å². The van der Waals surface area contributed by atoms with Crippen LogP contribution in [0.5, 0.6) is 0 Å². The summed E-state index contributed by atoms with van der Waals surface area (Å²) in [7, 11) is 0. The summed E-state index contributed by atoms with van der Waals surface area (Å²) >= 11 is 1.60. The zero-order chi connectivity index (χ0) is 19.3. The van der Waals surface area contributed by atoms with Crippen molar-refractivity contribution in [1.82, 2.24) is 14.9 Å². The molecule has 5 nitrogen and oxygen atoms in total. The average molecular weight is 380 g/mol. The van der Waals surface area contributed by atoms with Gasteiger partial charge in [0.1, 0.15) is 10.7 Å². The van der Waals surface area contributed by atoms with E-state index < -0.39 is 0 Å². The molecule has 26 heavy (non-hydrogen) atoms. The Bertz CT molecular complexity index is 751. The van der Waals surface area contributed by atoms with Crippen LogP contribution in [0.15, 0.2) is 10.9 Å². The summed E-state index contributed by atoms with van der Waals surface area (Å²) in [5.74, 6) is 1.68. The van der Waals surface area contributed by atoms with Gasteiger partial charge in [-0.2, -0.15) is 0 Å². The summed E-state index contributed by atoms with van der Waals surface area (Å²) in [6, 6.07) is 1.96. The second kappa shape index (κ2) is 9.62. The van der Waals surface area contributed by atoms with Gasteiger partial charge in [-0.25, -0.2) is 4.98 Å². The maximum absolute atomic E-state index is 12.5. The smallest absolute Gasteiger partial charge is 0.259 e. The van der Waals surface area contributed by atoms with E-state index in [-0.39, 0.29) is 11.7 Å². The Morgan fingerprint density at radius 1 is 1.27 bits per heavy atom. The van der Waals surface area contributed by atoms with Crippen LogP contribution in [-0.4, -0.2) is 39.2 Å². The van der Waals surface area contributed by atoms with Gasteiger partial charge in [-0.15, -0.1) is 11.3 Å². The van der Waals surface area contributed by atoms with Crippen LogP contribution in [0.3, 0.4) is 0 Å². The third-order valence-corrected chi connectivity index (χ3v) is 5.86. The van der Waals surface area contributed by atoms with Crippen molar-refractivity contribution in [2.75, 3.05) is 13.1 Å².